The van der Waals surface area contributed by atoms with E-state index in [4.69, 9.17) is 9.47 Å². The molecule has 0 aromatic rings. The van der Waals surface area contributed by atoms with Crippen molar-refractivity contribution in [3.05, 3.63) is 35.6 Å². The fourth-order valence-corrected chi connectivity index (χ4v) is 9.22. The summed E-state index contributed by atoms with van der Waals surface area (Å²) < 4.78 is 11.9. The number of aliphatic hydroxyl groups is 2. The Bertz CT molecular complexity index is 1210. The predicted octanol–water partition coefficient (Wildman–Crippen LogP) is 8.08. The zero-order valence-corrected chi connectivity index (χ0v) is 29.4. The van der Waals surface area contributed by atoms with Crippen LogP contribution in [0.5, 0.6) is 0 Å². The Hall–Kier alpha value is -2.25. The quantitative estimate of drug-likeness (QED) is 0.0940. The van der Waals surface area contributed by atoms with Crippen molar-refractivity contribution >= 4 is 17.7 Å². The van der Waals surface area contributed by atoms with E-state index in [0.717, 1.165) is 32.1 Å². The Morgan fingerprint density at radius 1 is 0.935 bits per heavy atom. The van der Waals surface area contributed by atoms with Gasteiger partial charge in [-0.3, -0.25) is 14.4 Å². The summed E-state index contributed by atoms with van der Waals surface area (Å²) >= 11 is 0. The van der Waals surface area contributed by atoms with Gasteiger partial charge in [-0.15, -0.1) is 0 Å². The van der Waals surface area contributed by atoms with E-state index < -0.39 is 51.7 Å². The van der Waals surface area contributed by atoms with Gasteiger partial charge < -0.3 is 19.7 Å². The molecule has 0 aliphatic heterocycles. The minimum atomic E-state index is -1.91. The number of ketones is 1. The van der Waals surface area contributed by atoms with E-state index in [1.165, 1.54) is 51.9 Å². The number of ether oxygens (including phenoxy) is 2. The van der Waals surface area contributed by atoms with Crippen molar-refractivity contribution in [2.24, 2.45) is 29.1 Å². The summed E-state index contributed by atoms with van der Waals surface area (Å²) in [4.78, 5) is 38.6. The van der Waals surface area contributed by atoms with Gasteiger partial charge in [0.25, 0.3) is 0 Å². The molecule has 0 aromatic heterocycles. The molecule has 0 bridgehead atoms. The molecule has 0 aromatic carbocycles. The van der Waals surface area contributed by atoms with Crippen molar-refractivity contribution in [1.29, 1.82) is 0 Å². The third kappa shape index (κ3) is 7.11. The normalized spacial score (nSPS) is 34.2. The number of rotatable bonds is 17. The molecule has 0 radical (unpaired) electrons. The van der Waals surface area contributed by atoms with Gasteiger partial charge in [0, 0.05) is 42.9 Å². The van der Waals surface area contributed by atoms with Crippen LogP contribution in [-0.4, -0.2) is 44.7 Å². The number of unbranched alkanes of at least 4 members (excludes halogenated alkanes) is 11. The zero-order valence-electron chi connectivity index (χ0n) is 29.4. The molecule has 4 aliphatic rings. The maximum Gasteiger partial charge on any atom is 0.310 e. The summed E-state index contributed by atoms with van der Waals surface area (Å²) in [5.41, 5.74) is -4.20. The van der Waals surface area contributed by atoms with Gasteiger partial charge in [0.15, 0.2) is 5.78 Å². The van der Waals surface area contributed by atoms with Gasteiger partial charge >= 0.3 is 11.9 Å². The third-order valence-corrected chi connectivity index (χ3v) is 11.8. The molecule has 2 N–H and O–H groups in total. The fraction of sp³-hybridized carbons (Fsp3) is 0.769. The minimum Gasteiger partial charge on any atom is -0.458 e. The molecule has 46 heavy (non-hydrogen) atoms. The minimum absolute atomic E-state index is 0.179. The molecule has 2 saturated carbocycles. The molecule has 0 unspecified atom stereocenters. The molecular formula is C39H60O7. The first kappa shape index (κ1) is 36.6. The van der Waals surface area contributed by atoms with Crippen LogP contribution >= 0.6 is 0 Å². The number of fused-ring (bicyclic) bond motifs is 5. The van der Waals surface area contributed by atoms with Crippen LogP contribution in [0.3, 0.4) is 0 Å². The second-order valence-electron chi connectivity index (χ2n) is 15.4. The monoisotopic (exact) mass is 640 g/mol. The maximum absolute atomic E-state index is 13.4. The van der Waals surface area contributed by atoms with Gasteiger partial charge in [0.2, 0.25) is 0 Å². The van der Waals surface area contributed by atoms with Gasteiger partial charge in [-0.05, 0) is 63.0 Å². The smallest absolute Gasteiger partial charge is 0.310 e. The Morgan fingerprint density at radius 2 is 1.52 bits per heavy atom. The fourth-order valence-electron chi connectivity index (χ4n) is 9.22. The van der Waals surface area contributed by atoms with Crippen LogP contribution < -0.4 is 0 Å². The topological polar surface area (TPSA) is 110 Å². The first-order valence-electron chi connectivity index (χ1n) is 18.2. The SMILES string of the molecule is CCCCCCCC/C=C\CCCCCCCC(=O)OC1=C[C@H]2[C@@H]3C(C)(C)[C@]3(OC(C)=O)C[C@@H](C)[C@]2(O)[C@@H]2C=C(C)C(=O)[C@@]2(O)C1. The number of hydrogen-bond donors (Lipinski definition) is 2. The number of Topliss-reactive ketones (excluding diaryl/α,β-unsaturated/α-hetero) is 1. The molecule has 0 spiro atoms. The second-order valence-corrected chi connectivity index (χ2v) is 15.4. The Kier molecular flexibility index (Phi) is 11.8. The summed E-state index contributed by atoms with van der Waals surface area (Å²) in [5, 5.41) is 24.4. The van der Waals surface area contributed by atoms with Gasteiger partial charge in [-0.25, -0.2) is 0 Å². The van der Waals surface area contributed by atoms with Gasteiger partial charge in [-0.2, -0.15) is 0 Å². The van der Waals surface area contributed by atoms with Crippen molar-refractivity contribution < 1.29 is 34.1 Å². The lowest BCUT2D eigenvalue weighted by Gasteiger charge is -2.50. The molecular weight excluding hydrogens is 580 g/mol. The lowest BCUT2D eigenvalue weighted by Crippen LogP contribution is -2.61. The van der Waals surface area contributed by atoms with Crippen LogP contribution in [0.4, 0.5) is 0 Å². The van der Waals surface area contributed by atoms with Crippen molar-refractivity contribution in [3.8, 4) is 0 Å². The second kappa shape index (κ2) is 14.9. The first-order valence-corrected chi connectivity index (χ1v) is 18.2. The summed E-state index contributed by atoms with van der Waals surface area (Å²) in [5.74, 6) is -3.09. The lowest BCUT2D eigenvalue weighted by molar-refractivity contribution is -0.186. The van der Waals surface area contributed by atoms with E-state index in [-0.39, 0.29) is 30.5 Å². The molecule has 7 nitrogen and oxygen atoms in total. The van der Waals surface area contributed by atoms with E-state index in [1.54, 1.807) is 19.1 Å². The van der Waals surface area contributed by atoms with Crippen LogP contribution in [0.2, 0.25) is 0 Å². The molecule has 4 aliphatic carbocycles. The van der Waals surface area contributed by atoms with Crippen molar-refractivity contribution in [1.82, 2.24) is 0 Å². The molecule has 0 heterocycles. The Labute approximate surface area is 277 Å². The summed E-state index contributed by atoms with van der Waals surface area (Å²) in [6.07, 6.45) is 23.8. The summed E-state index contributed by atoms with van der Waals surface area (Å²) in [7, 11) is 0. The average Bonchev–Trinajstić information content (AvgIpc) is 3.38. The van der Waals surface area contributed by atoms with Gasteiger partial charge in [0.05, 0.1) is 5.60 Å². The Balaban J connectivity index is 1.31. The maximum atomic E-state index is 13.4. The lowest BCUT2D eigenvalue weighted by atomic mass is 9.60. The zero-order chi connectivity index (χ0) is 33.8. The molecule has 4 rings (SSSR count). The highest BCUT2D eigenvalue weighted by atomic mass is 16.6. The largest absolute Gasteiger partial charge is 0.458 e. The van der Waals surface area contributed by atoms with E-state index in [1.807, 2.05) is 20.8 Å². The highest BCUT2D eigenvalue weighted by molar-refractivity contribution is 6.04. The van der Waals surface area contributed by atoms with Crippen molar-refractivity contribution in [2.45, 2.75) is 161 Å². The van der Waals surface area contributed by atoms with Gasteiger partial charge in [0.1, 0.15) is 17.0 Å². The van der Waals surface area contributed by atoms with Crippen LogP contribution in [-0.2, 0) is 23.9 Å². The summed E-state index contributed by atoms with van der Waals surface area (Å²) in [6.45, 7) is 11.3. The number of carbonyl (C=O) groups excluding carboxylic acids is 3. The standard InChI is InChI=1S/C39H60O7/c1-7-8-9-10-11-12-13-14-15-16-17-18-19-20-21-22-33(41)45-30-24-31-34-36(5,6)38(34,46-29(4)40)25-28(3)39(31,44)32-23-27(2)35(42)37(32,43)26-30/h14-15,23-24,28,31-32,34,43-44H,7-13,16-22,25-26H2,1-6H3/b15-14-/t28-,31+,32-,34-,37-,38+,39-/m1/s1. The third-order valence-electron chi connectivity index (χ3n) is 11.8. The highest BCUT2D eigenvalue weighted by Gasteiger charge is 2.83. The number of esters is 2. The van der Waals surface area contributed by atoms with Crippen molar-refractivity contribution in [3.63, 3.8) is 0 Å². The molecule has 7 heteroatoms. The predicted molar refractivity (Wildman–Crippen MR) is 179 cm³/mol. The van der Waals surface area contributed by atoms with E-state index >= 15 is 0 Å². The molecule has 0 amide bonds. The van der Waals surface area contributed by atoms with E-state index in [9.17, 15) is 24.6 Å². The number of carbonyl (C=O) groups is 3. The van der Waals surface area contributed by atoms with E-state index in [0.29, 0.717) is 18.4 Å². The van der Waals surface area contributed by atoms with Crippen LogP contribution in [0.25, 0.3) is 0 Å². The highest BCUT2D eigenvalue weighted by Crippen LogP contribution is 2.76. The van der Waals surface area contributed by atoms with E-state index in [2.05, 4.69) is 19.1 Å². The number of allylic oxidation sites excluding steroid dienone is 2. The molecule has 7 atom stereocenters. The summed E-state index contributed by atoms with van der Waals surface area (Å²) in [6, 6.07) is 0. The first-order chi connectivity index (χ1) is 21.8. The van der Waals surface area contributed by atoms with Crippen LogP contribution in [0.1, 0.15) is 144 Å². The molecule has 0 saturated heterocycles. The van der Waals surface area contributed by atoms with Crippen LogP contribution in [0, 0.1) is 29.1 Å². The van der Waals surface area contributed by atoms with Crippen molar-refractivity contribution in [2.75, 3.05) is 0 Å². The average molecular weight is 641 g/mol. The molecule has 258 valence electrons. The van der Waals surface area contributed by atoms with Crippen LogP contribution in [0.15, 0.2) is 35.6 Å². The Morgan fingerprint density at radius 3 is 2.13 bits per heavy atom. The number of hydrogen-bond acceptors (Lipinski definition) is 7. The van der Waals surface area contributed by atoms with Gasteiger partial charge in [-0.1, -0.05) is 97.3 Å². The molecule has 2 fully saturated rings.